The zero-order valence-electron chi connectivity index (χ0n) is 14.8. The topological polar surface area (TPSA) is 12.9 Å². The van der Waals surface area contributed by atoms with Crippen LogP contribution in [0.4, 0.5) is 26.3 Å². The third-order valence-corrected chi connectivity index (χ3v) is 4.52. The Labute approximate surface area is 148 Å². The van der Waals surface area contributed by atoms with Gasteiger partial charge in [-0.3, -0.25) is 4.98 Å². The molecule has 0 amide bonds. The number of aromatic nitrogens is 1. The van der Waals surface area contributed by atoms with Gasteiger partial charge in [0.1, 0.15) is 0 Å². The van der Waals surface area contributed by atoms with Crippen molar-refractivity contribution in [3.05, 3.63) is 53.7 Å². The van der Waals surface area contributed by atoms with Gasteiger partial charge in [0, 0.05) is 11.8 Å². The lowest BCUT2D eigenvalue weighted by Crippen LogP contribution is -2.51. The Morgan fingerprint density at radius 1 is 0.654 bits per heavy atom. The fourth-order valence-electron chi connectivity index (χ4n) is 2.47. The van der Waals surface area contributed by atoms with Crippen molar-refractivity contribution in [2.45, 2.75) is 50.9 Å². The van der Waals surface area contributed by atoms with Gasteiger partial charge in [0.15, 0.2) is 5.41 Å². The van der Waals surface area contributed by atoms with E-state index in [1.807, 2.05) is 26.8 Å². The van der Waals surface area contributed by atoms with E-state index in [-0.39, 0.29) is 12.3 Å². The fraction of sp³-hybridized carbons (Fsp3) is 0.421. The first-order valence-electron chi connectivity index (χ1n) is 7.89. The highest BCUT2D eigenvalue weighted by Gasteiger charge is 2.68. The van der Waals surface area contributed by atoms with Gasteiger partial charge >= 0.3 is 12.4 Å². The molecule has 0 saturated carbocycles. The van der Waals surface area contributed by atoms with Crippen molar-refractivity contribution in [3.8, 4) is 11.3 Å². The predicted molar refractivity (Wildman–Crippen MR) is 87.8 cm³/mol. The molecule has 0 aliphatic heterocycles. The van der Waals surface area contributed by atoms with Crippen molar-refractivity contribution in [3.63, 3.8) is 0 Å². The minimum atomic E-state index is -5.46. The van der Waals surface area contributed by atoms with Crippen molar-refractivity contribution < 1.29 is 26.3 Å². The maximum absolute atomic E-state index is 13.1. The zero-order valence-corrected chi connectivity index (χ0v) is 14.8. The Morgan fingerprint density at radius 2 is 1.12 bits per heavy atom. The molecule has 142 valence electrons. The number of hydrogen-bond donors (Lipinski definition) is 0. The summed E-state index contributed by atoms with van der Waals surface area (Å²) in [5.41, 5.74) is -3.00. The Balaban J connectivity index is 2.42. The van der Waals surface area contributed by atoms with Crippen molar-refractivity contribution in [2.75, 3.05) is 0 Å². The second kappa shape index (κ2) is 6.28. The van der Waals surface area contributed by atoms with Crippen LogP contribution in [-0.4, -0.2) is 17.3 Å². The van der Waals surface area contributed by atoms with E-state index in [4.69, 9.17) is 0 Å². The highest BCUT2D eigenvalue weighted by molar-refractivity contribution is 5.60. The molecule has 0 fully saturated rings. The smallest absolute Gasteiger partial charge is 0.256 e. The fourth-order valence-corrected chi connectivity index (χ4v) is 2.47. The van der Waals surface area contributed by atoms with Gasteiger partial charge in [-0.1, -0.05) is 51.1 Å². The number of alkyl halides is 6. The molecule has 0 N–H and O–H groups in total. The van der Waals surface area contributed by atoms with Gasteiger partial charge in [0.2, 0.25) is 0 Å². The Morgan fingerprint density at radius 3 is 1.46 bits per heavy atom. The molecule has 0 aliphatic carbocycles. The predicted octanol–water partition coefficient (Wildman–Crippen LogP) is 6.43. The Hall–Kier alpha value is -2.05. The third-order valence-electron chi connectivity index (χ3n) is 4.52. The third kappa shape index (κ3) is 3.57. The van der Waals surface area contributed by atoms with Crippen LogP contribution in [-0.2, 0) is 10.8 Å². The molecule has 2 aromatic rings. The SMILES string of the molecule is CC(C)(C)c1ccc(-c2ccc(C(C)(C(F)(F)F)C(F)(F)F)cc2)nc1. The van der Waals surface area contributed by atoms with Crippen molar-refractivity contribution in [1.82, 2.24) is 4.98 Å². The monoisotopic (exact) mass is 375 g/mol. The first-order valence-corrected chi connectivity index (χ1v) is 7.89. The van der Waals surface area contributed by atoms with Crippen LogP contribution in [0, 0.1) is 0 Å². The highest BCUT2D eigenvalue weighted by Crippen LogP contribution is 2.51. The van der Waals surface area contributed by atoms with Gasteiger partial charge in [0.25, 0.3) is 0 Å². The number of benzene rings is 1. The van der Waals surface area contributed by atoms with Crippen LogP contribution in [0.5, 0.6) is 0 Å². The van der Waals surface area contributed by atoms with Gasteiger partial charge in [-0.15, -0.1) is 0 Å². The number of nitrogens with zero attached hydrogens (tertiary/aromatic N) is 1. The lowest BCUT2D eigenvalue weighted by atomic mass is 9.80. The summed E-state index contributed by atoms with van der Waals surface area (Å²) in [4.78, 5) is 4.26. The van der Waals surface area contributed by atoms with Crippen LogP contribution in [0.1, 0.15) is 38.8 Å². The summed E-state index contributed by atoms with van der Waals surface area (Å²) >= 11 is 0. The van der Waals surface area contributed by atoms with Crippen LogP contribution in [0.3, 0.4) is 0 Å². The number of pyridine rings is 1. The average molecular weight is 375 g/mol. The van der Waals surface area contributed by atoms with Crippen molar-refractivity contribution >= 4 is 0 Å². The lowest BCUT2D eigenvalue weighted by Gasteiger charge is -2.34. The van der Waals surface area contributed by atoms with Crippen LogP contribution in [0.2, 0.25) is 0 Å². The van der Waals surface area contributed by atoms with E-state index in [9.17, 15) is 26.3 Å². The molecule has 0 radical (unpaired) electrons. The van der Waals surface area contributed by atoms with E-state index >= 15 is 0 Å². The summed E-state index contributed by atoms with van der Waals surface area (Å²) in [5.74, 6) is 0. The number of hydrogen-bond acceptors (Lipinski definition) is 1. The lowest BCUT2D eigenvalue weighted by molar-refractivity contribution is -0.297. The second-order valence-electron chi connectivity index (χ2n) is 7.38. The standard InChI is InChI=1S/C19H19F6N/c1-16(2,3)14-9-10-15(26-11-14)12-5-7-13(8-6-12)17(4,18(20,21)22)19(23,24)25/h5-11H,1-4H3. The van der Waals surface area contributed by atoms with Gasteiger partial charge in [0.05, 0.1) is 5.69 Å². The summed E-state index contributed by atoms with van der Waals surface area (Å²) in [5, 5.41) is 0. The zero-order chi connectivity index (χ0) is 20.0. The molecule has 2 rings (SSSR count). The summed E-state index contributed by atoms with van der Waals surface area (Å²) in [7, 11) is 0. The summed E-state index contributed by atoms with van der Waals surface area (Å²) in [6.45, 7) is 6.17. The summed E-state index contributed by atoms with van der Waals surface area (Å²) < 4.78 is 78.8. The van der Waals surface area contributed by atoms with Crippen LogP contribution < -0.4 is 0 Å². The molecule has 7 heteroatoms. The maximum Gasteiger partial charge on any atom is 0.406 e. The van der Waals surface area contributed by atoms with E-state index in [0.29, 0.717) is 11.3 Å². The molecule has 1 aromatic heterocycles. The second-order valence-corrected chi connectivity index (χ2v) is 7.38. The maximum atomic E-state index is 13.1. The number of halogens is 6. The Kier molecular flexibility index (Phi) is 4.90. The first-order chi connectivity index (χ1) is 11.7. The minimum absolute atomic E-state index is 0.114. The minimum Gasteiger partial charge on any atom is -0.256 e. The van der Waals surface area contributed by atoms with E-state index in [1.165, 1.54) is 12.1 Å². The summed E-state index contributed by atoms with van der Waals surface area (Å²) in [6, 6.07) is 7.70. The Bertz CT molecular complexity index is 735. The molecule has 1 nitrogen and oxygen atoms in total. The molecule has 0 spiro atoms. The highest BCUT2D eigenvalue weighted by atomic mass is 19.4. The number of rotatable bonds is 2. The van der Waals surface area contributed by atoms with Gasteiger partial charge < -0.3 is 0 Å². The van der Waals surface area contributed by atoms with Crippen LogP contribution in [0.15, 0.2) is 42.6 Å². The molecule has 0 unspecified atom stereocenters. The van der Waals surface area contributed by atoms with Crippen molar-refractivity contribution in [1.29, 1.82) is 0 Å². The van der Waals surface area contributed by atoms with E-state index in [2.05, 4.69) is 4.98 Å². The molecule has 0 atom stereocenters. The van der Waals surface area contributed by atoms with Crippen molar-refractivity contribution in [2.24, 2.45) is 0 Å². The molecular weight excluding hydrogens is 356 g/mol. The normalized spacial score (nSPS) is 13.8. The molecule has 0 saturated heterocycles. The molecule has 26 heavy (non-hydrogen) atoms. The quantitative estimate of drug-likeness (QED) is 0.551. The molecule has 0 bridgehead atoms. The molecular formula is C19H19F6N. The van der Waals surface area contributed by atoms with E-state index in [0.717, 1.165) is 17.7 Å². The van der Waals surface area contributed by atoms with E-state index < -0.39 is 23.3 Å². The summed E-state index contributed by atoms with van der Waals surface area (Å²) in [6.07, 6.45) is -9.27. The van der Waals surface area contributed by atoms with Gasteiger partial charge in [-0.25, -0.2) is 0 Å². The largest absolute Gasteiger partial charge is 0.406 e. The van der Waals surface area contributed by atoms with Gasteiger partial charge in [-0.05, 0) is 29.5 Å². The van der Waals surface area contributed by atoms with E-state index in [1.54, 1.807) is 12.3 Å². The molecule has 1 heterocycles. The van der Waals surface area contributed by atoms with Crippen LogP contribution in [0.25, 0.3) is 11.3 Å². The van der Waals surface area contributed by atoms with Crippen LogP contribution >= 0.6 is 0 Å². The molecule has 0 aliphatic rings. The molecule has 1 aromatic carbocycles. The first kappa shape index (κ1) is 20.3. The average Bonchev–Trinajstić information content (AvgIpc) is 2.51. The van der Waals surface area contributed by atoms with Gasteiger partial charge in [-0.2, -0.15) is 26.3 Å².